The zero-order chi connectivity index (χ0) is 38.2. The van der Waals surface area contributed by atoms with Gasteiger partial charge >= 0.3 is 12.2 Å². The SMILES string of the molecule is C=C(NC(=O)OC(C)(C)C)c1ncc(-c2ccc(-c3ccc(-c4cnc(C(NC(=O)OC(C)(C)C)C(C)C)[nH]4)cc3)cc2)[nH]1.CC.CS.CS. The molecule has 0 radical (unpaired) electrons. The highest BCUT2D eigenvalue weighted by Crippen LogP contribution is 2.28. The molecule has 1 atom stereocenters. The number of ether oxygens (including phenoxy) is 2. The van der Waals surface area contributed by atoms with Crippen LogP contribution in [-0.4, -0.2) is 55.8 Å². The van der Waals surface area contributed by atoms with E-state index < -0.39 is 23.4 Å². The lowest BCUT2D eigenvalue weighted by atomic mass is 10.0. The summed E-state index contributed by atoms with van der Waals surface area (Å²) >= 11 is 7.06. The number of aromatic nitrogens is 4. The molecule has 0 fully saturated rings. The first kappa shape index (κ1) is 43.9. The molecule has 4 N–H and O–H groups in total. The topological polar surface area (TPSA) is 134 Å². The summed E-state index contributed by atoms with van der Waals surface area (Å²) in [6, 6.07) is 16.0. The van der Waals surface area contributed by atoms with Gasteiger partial charge in [0.05, 0.1) is 35.5 Å². The van der Waals surface area contributed by atoms with Crippen LogP contribution in [0.4, 0.5) is 9.59 Å². The Morgan fingerprint density at radius 2 is 1.10 bits per heavy atom. The van der Waals surface area contributed by atoms with Gasteiger partial charge in [0.15, 0.2) is 5.82 Å². The van der Waals surface area contributed by atoms with Crippen LogP contribution in [0.2, 0.25) is 0 Å². The predicted octanol–water partition coefficient (Wildman–Crippen LogP) is 9.97. The third kappa shape index (κ3) is 14.0. The van der Waals surface area contributed by atoms with E-state index in [1.54, 1.807) is 45.7 Å². The lowest BCUT2D eigenvalue weighted by Gasteiger charge is -2.24. The maximum Gasteiger partial charge on any atom is 0.412 e. The number of imidazole rings is 2. The number of nitrogens with zero attached hydrogens (tertiary/aromatic N) is 2. The number of carbonyl (C=O) groups excluding carboxylic acids is 2. The molecule has 2 amide bonds. The average Bonchev–Trinajstić information content (AvgIpc) is 3.76. The minimum atomic E-state index is -0.608. The van der Waals surface area contributed by atoms with Crippen molar-refractivity contribution in [2.75, 3.05) is 12.5 Å². The van der Waals surface area contributed by atoms with Crippen LogP contribution in [0.15, 0.2) is 67.5 Å². The lowest BCUT2D eigenvalue weighted by Crippen LogP contribution is -2.37. The van der Waals surface area contributed by atoms with E-state index >= 15 is 0 Å². The summed E-state index contributed by atoms with van der Waals surface area (Å²) in [6.45, 7) is 22.8. The maximum absolute atomic E-state index is 12.4. The van der Waals surface area contributed by atoms with Gasteiger partial charge in [0.1, 0.15) is 17.0 Å². The van der Waals surface area contributed by atoms with Crippen molar-refractivity contribution in [3.05, 3.63) is 79.2 Å². The number of carbonyl (C=O) groups is 2. The number of hydrogen-bond donors (Lipinski definition) is 6. The Balaban J connectivity index is 0.00000197. The molecule has 0 saturated heterocycles. The third-order valence-electron chi connectivity index (χ3n) is 6.47. The Morgan fingerprint density at radius 3 is 1.54 bits per heavy atom. The average molecular weight is 725 g/mol. The fourth-order valence-electron chi connectivity index (χ4n) is 4.42. The van der Waals surface area contributed by atoms with Crippen LogP contribution in [-0.2, 0) is 9.47 Å². The molecule has 0 aliphatic heterocycles. The Labute approximate surface area is 309 Å². The normalized spacial score (nSPS) is 11.3. The monoisotopic (exact) mass is 724 g/mol. The van der Waals surface area contributed by atoms with E-state index in [1.807, 2.05) is 84.9 Å². The second-order valence-corrected chi connectivity index (χ2v) is 13.0. The molecule has 12 heteroatoms. The van der Waals surface area contributed by atoms with Gasteiger partial charge in [-0.05, 0) is 82.2 Å². The third-order valence-corrected chi connectivity index (χ3v) is 6.47. The van der Waals surface area contributed by atoms with Gasteiger partial charge in [-0.1, -0.05) is 82.8 Å². The number of hydrogen-bond acceptors (Lipinski definition) is 8. The molecule has 0 saturated carbocycles. The van der Waals surface area contributed by atoms with Gasteiger partial charge in [0.2, 0.25) is 0 Å². The first-order valence-corrected chi connectivity index (χ1v) is 18.3. The minimum absolute atomic E-state index is 0.105. The minimum Gasteiger partial charge on any atom is -0.444 e. The Bertz CT molecular complexity index is 1620. The smallest absolute Gasteiger partial charge is 0.412 e. The highest BCUT2D eigenvalue weighted by molar-refractivity contribution is 7.79. The van der Waals surface area contributed by atoms with Crippen molar-refractivity contribution in [2.45, 2.75) is 86.5 Å². The van der Waals surface area contributed by atoms with Crippen molar-refractivity contribution in [3.8, 4) is 33.6 Å². The molecule has 274 valence electrons. The van der Waals surface area contributed by atoms with Crippen molar-refractivity contribution in [1.82, 2.24) is 30.6 Å². The van der Waals surface area contributed by atoms with Gasteiger partial charge in [-0.2, -0.15) is 25.3 Å². The van der Waals surface area contributed by atoms with Gasteiger partial charge in [-0.15, -0.1) is 0 Å². The number of alkyl carbamates (subject to hydrolysis) is 2. The molecule has 50 heavy (non-hydrogen) atoms. The Kier molecular flexibility index (Phi) is 18.0. The van der Waals surface area contributed by atoms with Gasteiger partial charge in [0, 0.05) is 0 Å². The van der Waals surface area contributed by atoms with E-state index in [0.717, 1.165) is 33.6 Å². The van der Waals surface area contributed by atoms with E-state index in [2.05, 4.69) is 74.5 Å². The fraction of sp³-hybridized carbons (Fsp3) is 0.421. The molecule has 0 aliphatic carbocycles. The van der Waals surface area contributed by atoms with Gasteiger partial charge in [-0.25, -0.2) is 19.6 Å². The van der Waals surface area contributed by atoms with E-state index in [4.69, 9.17) is 9.47 Å². The van der Waals surface area contributed by atoms with Crippen LogP contribution < -0.4 is 10.6 Å². The first-order valence-electron chi connectivity index (χ1n) is 16.5. The number of thiol groups is 2. The fourth-order valence-corrected chi connectivity index (χ4v) is 4.42. The number of nitrogens with one attached hydrogen (secondary N) is 4. The molecule has 1 unspecified atom stereocenters. The molecule has 4 aromatic rings. The van der Waals surface area contributed by atoms with Gasteiger partial charge < -0.3 is 24.8 Å². The molecule has 2 aromatic carbocycles. The van der Waals surface area contributed by atoms with E-state index in [9.17, 15) is 9.59 Å². The van der Waals surface area contributed by atoms with Crippen LogP contribution in [0.3, 0.4) is 0 Å². The summed E-state index contributed by atoms with van der Waals surface area (Å²) in [5, 5.41) is 5.55. The van der Waals surface area contributed by atoms with Crippen LogP contribution in [0, 0.1) is 5.92 Å². The van der Waals surface area contributed by atoms with Crippen molar-refractivity contribution in [3.63, 3.8) is 0 Å². The zero-order valence-electron chi connectivity index (χ0n) is 31.6. The molecule has 10 nitrogen and oxygen atoms in total. The summed E-state index contributed by atoms with van der Waals surface area (Å²) in [7, 11) is 0. The summed E-state index contributed by atoms with van der Waals surface area (Å²) in [5.74, 6) is 1.23. The Morgan fingerprint density at radius 1 is 0.700 bits per heavy atom. The van der Waals surface area contributed by atoms with E-state index in [1.165, 1.54) is 0 Å². The van der Waals surface area contributed by atoms with Crippen molar-refractivity contribution >= 4 is 43.1 Å². The number of rotatable bonds is 8. The molecule has 4 rings (SSSR count). The largest absolute Gasteiger partial charge is 0.444 e. The summed E-state index contributed by atoms with van der Waals surface area (Å²) in [6.07, 6.45) is 5.81. The molecule has 0 bridgehead atoms. The second-order valence-electron chi connectivity index (χ2n) is 13.0. The predicted molar refractivity (Wildman–Crippen MR) is 214 cm³/mol. The number of H-pyrrole nitrogens is 2. The highest BCUT2D eigenvalue weighted by Gasteiger charge is 2.25. The van der Waals surface area contributed by atoms with Gasteiger partial charge in [0.25, 0.3) is 0 Å². The second kappa shape index (κ2) is 20.5. The van der Waals surface area contributed by atoms with Crippen molar-refractivity contribution < 1.29 is 19.1 Å². The maximum atomic E-state index is 12.4. The molecule has 0 spiro atoms. The zero-order valence-corrected chi connectivity index (χ0v) is 33.3. The first-order chi connectivity index (χ1) is 23.6. The van der Waals surface area contributed by atoms with Crippen LogP contribution in [0.1, 0.15) is 86.9 Å². The Hall–Kier alpha value is -4.16. The number of amides is 2. The van der Waals surface area contributed by atoms with Gasteiger partial charge in [-0.3, -0.25) is 5.32 Å². The molecular weight excluding hydrogens is 669 g/mol. The number of benzene rings is 2. The van der Waals surface area contributed by atoms with Crippen molar-refractivity contribution in [1.29, 1.82) is 0 Å². The van der Waals surface area contributed by atoms with Crippen LogP contribution in [0.5, 0.6) is 0 Å². The van der Waals surface area contributed by atoms with E-state index in [-0.39, 0.29) is 12.0 Å². The molecular formula is C38H56N6O4S2. The molecule has 2 aromatic heterocycles. The standard InChI is InChI=1S/C34H42N6O4.C2H6.2CH4S/c1-20(2)28(40-32(42)44-34(7,8)9)30-36-19-27(39-30)25-16-12-23(13-17-25)22-10-14-24(15-11-22)26-18-35-29(38-26)21(3)37-31(41)43-33(4,5)6;3*1-2/h10-20,28H,3H2,1-2,4-9H3,(H,35,38)(H,36,39)(H,37,41)(H,40,42);1-2H3;2*2H,1H3. The quantitative estimate of drug-likeness (QED) is 0.100. The molecule has 2 heterocycles. The number of aromatic amines is 2. The lowest BCUT2D eigenvalue weighted by molar-refractivity contribution is 0.0485. The summed E-state index contributed by atoms with van der Waals surface area (Å²) < 4.78 is 10.7. The summed E-state index contributed by atoms with van der Waals surface area (Å²) in [5.41, 5.74) is 4.83. The molecule has 0 aliphatic rings. The van der Waals surface area contributed by atoms with Crippen LogP contribution >= 0.6 is 25.3 Å². The summed E-state index contributed by atoms with van der Waals surface area (Å²) in [4.78, 5) is 39.9. The highest BCUT2D eigenvalue weighted by atomic mass is 32.1. The van der Waals surface area contributed by atoms with Crippen molar-refractivity contribution in [2.24, 2.45) is 5.92 Å². The van der Waals surface area contributed by atoms with E-state index in [0.29, 0.717) is 17.3 Å². The van der Waals surface area contributed by atoms with Crippen LogP contribution in [0.25, 0.3) is 39.3 Å².